The van der Waals surface area contributed by atoms with Crippen molar-refractivity contribution in [1.82, 2.24) is 14.7 Å². The Morgan fingerprint density at radius 1 is 1.00 bits per heavy atom. The molecule has 6 heteroatoms. The predicted octanol–water partition coefficient (Wildman–Crippen LogP) is 5.81. The molecule has 5 rings (SSSR count). The Morgan fingerprint density at radius 2 is 1.66 bits per heavy atom. The summed E-state index contributed by atoms with van der Waals surface area (Å²) in [6, 6.07) is 26.4. The van der Waals surface area contributed by atoms with Gasteiger partial charge in [-0.15, -0.1) is 0 Å². The standard InChI is InChI=1S/C32H32FN3O2/c1-22-20-35(21-24-12-5-3-6-13-24)34-30(31(22)37)32(38)36-19-11-18-28(36)23(2)29(25-14-7-4-8-15-25)26-16-9-10-17-27(26)33/h3-10,12-17,20,23,28-29H,11,18-19,21H2,1-2H3/t23-,28+,29-/m0/s1. The van der Waals surface area contributed by atoms with Crippen LogP contribution < -0.4 is 5.43 Å². The Kier molecular flexibility index (Phi) is 7.50. The molecule has 0 N–H and O–H groups in total. The van der Waals surface area contributed by atoms with E-state index in [1.54, 1.807) is 28.8 Å². The average molecular weight is 510 g/mol. The first-order chi connectivity index (χ1) is 18.4. The third kappa shape index (κ3) is 5.17. The van der Waals surface area contributed by atoms with Crippen LogP contribution in [-0.2, 0) is 6.54 Å². The number of rotatable bonds is 7. The normalized spacial score (nSPS) is 16.8. The van der Waals surface area contributed by atoms with Crippen LogP contribution in [0.3, 0.4) is 0 Å². The van der Waals surface area contributed by atoms with E-state index >= 15 is 4.39 Å². The molecule has 3 atom stereocenters. The monoisotopic (exact) mass is 509 g/mol. The van der Waals surface area contributed by atoms with Gasteiger partial charge in [-0.2, -0.15) is 5.10 Å². The molecular formula is C32H32FN3O2. The van der Waals surface area contributed by atoms with Crippen LogP contribution >= 0.6 is 0 Å². The molecule has 0 spiro atoms. The number of amides is 1. The molecule has 38 heavy (non-hydrogen) atoms. The largest absolute Gasteiger partial charge is 0.334 e. The lowest BCUT2D eigenvalue weighted by Gasteiger charge is -2.35. The zero-order valence-electron chi connectivity index (χ0n) is 21.8. The maximum absolute atomic E-state index is 15.1. The second-order valence-electron chi connectivity index (χ2n) is 10.2. The minimum Gasteiger partial charge on any atom is -0.334 e. The molecule has 0 bridgehead atoms. The van der Waals surface area contributed by atoms with Gasteiger partial charge in [0.15, 0.2) is 5.69 Å². The second kappa shape index (κ2) is 11.1. The van der Waals surface area contributed by atoms with E-state index in [9.17, 15) is 9.59 Å². The first-order valence-electron chi connectivity index (χ1n) is 13.2. The first kappa shape index (κ1) is 25.6. The van der Waals surface area contributed by atoms with E-state index in [0.29, 0.717) is 24.2 Å². The van der Waals surface area contributed by atoms with Crippen LogP contribution in [0.2, 0.25) is 0 Å². The molecule has 0 unspecified atom stereocenters. The highest BCUT2D eigenvalue weighted by Gasteiger charge is 2.39. The summed E-state index contributed by atoms with van der Waals surface area (Å²) >= 11 is 0. The van der Waals surface area contributed by atoms with Crippen molar-refractivity contribution in [2.24, 2.45) is 5.92 Å². The van der Waals surface area contributed by atoms with Crippen molar-refractivity contribution < 1.29 is 9.18 Å². The van der Waals surface area contributed by atoms with Crippen LogP contribution in [0.1, 0.15) is 58.4 Å². The van der Waals surface area contributed by atoms with Gasteiger partial charge in [0, 0.05) is 30.3 Å². The quantitative estimate of drug-likeness (QED) is 0.316. The molecule has 1 fully saturated rings. The van der Waals surface area contributed by atoms with Crippen LogP contribution in [0.4, 0.5) is 4.39 Å². The lowest BCUT2D eigenvalue weighted by molar-refractivity contribution is 0.0675. The fourth-order valence-corrected chi connectivity index (χ4v) is 5.77. The smallest absolute Gasteiger partial charge is 0.278 e. The van der Waals surface area contributed by atoms with E-state index in [1.807, 2.05) is 72.8 Å². The van der Waals surface area contributed by atoms with E-state index in [4.69, 9.17) is 0 Å². The van der Waals surface area contributed by atoms with E-state index in [0.717, 1.165) is 24.0 Å². The predicted molar refractivity (Wildman–Crippen MR) is 147 cm³/mol. The lowest BCUT2D eigenvalue weighted by Crippen LogP contribution is -2.44. The molecule has 0 radical (unpaired) electrons. The van der Waals surface area contributed by atoms with Gasteiger partial charge >= 0.3 is 0 Å². The molecule has 4 aromatic rings. The summed E-state index contributed by atoms with van der Waals surface area (Å²) in [6.45, 7) is 4.81. The van der Waals surface area contributed by atoms with Gasteiger partial charge in [-0.1, -0.05) is 85.8 Å². The molecule has 1 aliphatic rings. The zero-order valence-corrected chi connectivity index (χ0v) is 21.8. The summed E-state index contributed by atoms with van der Waals surface area (Å²) in [7, 11) is 0. The number of likely N-dealkylation sites (tertiary alicyclic amines) is 1. The SMILES string of the molecule is Cc1cn(Cc2ccccc2)nc(C(=O)N2CCC[C@@H]2[C@H](C)[C@@H](c2ccccc2)c2ccccc2F)c1=O. The topological polar surface area (TPSA) is 55.2 Å². The molecule has 1 aliphatic heterocycles. The summed E-state index contributed by atoms with van der Waals surface area (Å²) in [5, 5.41) is 4.49. The summed E-state index contributed by atoms with van der Waals surface area (Å²) < 4.78 is 16.7. The van der Waals surface area contributed by atoms with Gasteiger partial charge in [-0.25, -0.2) is 4.39 Å². The fraction of sp³-hybridized carbons (Fsp3) is 0.281. The van der Waals surface area contributed by atoms with Crippen LogP contribution in [0.5, 0.6) is 0 Å². The van der Waals surface area contributed by atoms with E-state index < -0.39 is 0 Å². The molecule has 194 valence electrons. The average Bonchev–Trinajstić information content (AvgIpc) is 3.43. The van der Waals surface area contributed by atoms with Gasteiger partial charge in [0.05, 0.1) is 6.54 Å². The molecule has 5 nitrogen and oxygen atoms in total. The summed E-state index contributed by atoms with van der Waals surface area (Å²) in [5.74, 6) is -0.934. The Bertz CT molecular complexity index is 1470. The number of nitrogens with zero attached hydrogens (tertiary/aromatic N) is 3. The Hall–Kier alpha value is -4.06. The van der Waals surface area contributed by atoms with Crippen LogP contribution in [-0.4, -0.2) is 33.2 Å². The van der Waals surface area contributed by atoms with Crippen molar-refractivity contribution in [2.75, 3.05) is 6.54 Å². The van der Waals surface area contributed by atoms with Crippen LogP contribution in [0.15, 0.2) is 95.9 Å². The maximum atomic E-state index is 15.1. The van der Waals surface area contributed by atoms with E-state index in [1.165, 1.54) is 6.07 Å². The Morgan fingerprint density at radius 3 is 2.37 bits per heavy atom. The number of carbonyl (C=O) groups excluding carboxylic acids is 1. The number of carbonyl (C=O) groups is 1. The van der Waals surface area contributed by atoms with Gasteiger partial charge < -0.3 is 4.90 Å². The zero-order chi connectivity index (χ0) is 26.6. The first-order valence-corrected chi connectivity index (χ1v) is 13.2. The van der Waals surface area contributed by atoms with Gasteiger partial charge in [-0.3, -0.25) is 14.3 Å². The molecule has 1 amide bonds. The molecule has 1 aromatic heterocycles. The summed E-state index contributed by atoms with van der Waals surface area (Å²) in [6.07, 6.45) is 3.30. The van der Waals surface area contributed by atoms with Crippen molar-refractivity contribution in [3.8, 4) is 0 Å². The van der Waals surface area contributed by atoms with Crippen molar-refractivity contribution in [3.63, 3.8) is 0 Å². The van der Waals surface area contributed by atoms with Crippen LogP contribution in [0.25, 0.3) is 0 Å². The number of aryl methyl sites for hydroxylation is 1. The lowest BCUT2D eigenvalue weighted by atomic mass is 9.77. The molecule has 3 aromatic carbocycles. The number of halogens is 1. The van der Waals surface area contributed by atoms with Gasteiger partial charge in [0.1, 0.15) is 5.82 Å². The third-order valence-electron chi connectivity index (χ3n) is 7.63. The Labute approximate surface area is 222 Å². The number of hydrogen-bond acceptors (Lipinski definition) is 3. The summed E-state index contributed by atoms with van der Waals surface area (Å²) in [5.41, 5.74) is 2.74. The number of hydrogen-bond donors (Lipinski definition) is 0. The van der Waals surface area contributed by atoms with E-state index in [-0.39, 0.29) is 40.7 Å². The van der Waals surface area contributed by atoms with Gasteiger partial charge in [0.25, 0.3) is 5.91 Å². The van der Waals surface area contributed by atoms with Crippen molar-refractivity contribution in [2.45, 2.75) is 45.2 Å². The van der Waals surface area contributed by atoms with Crippen molar-refractivity contribution in [1.29, 1.82) is 0 Å². The molecule has 1 saturated heterocycles. The third-order valence-corrected chi connectivity index (χ3v) is 7.63. The highest BCUT2D eigenvalue weighted by molar-refractivity contribution is 5.92. The number of aromatic nitrogens is 2. The highest BCUT2D eigenvalue weighted by Crippen LogP contribution is 2.39. The van der Waals surface area contributed by atoms with Crippen molar-refractivity contribution in [3.05, 3.63) is 135 Å². The minimum atomic E-state index is -0.352. The van der Waals surface area contributed by atoms with Gasteiger partial charge in [-0.05, 0) is 48.4 Å². The summed E-state index contributed by atoms with van der Waals surface area (Å²) in [4.78, 5) is 28.8. The maximum Gasteiger partial charge on any atom is 0.278 e. The van der Waals surface area contributed by atoms with Crippen LogP contribution in [0, 0.1) is 18.7 Å². The second-order valence-corrected chi connectivity index (χ2v) is 10.2. The number of benzene rings is 3. The molecule has 0 saturated carbocycles. The van der Waals surface area contributed by atoms with Crippen molar-refractivity contribution >= 4 is 5.91 Å². The fourth-order valence-electron chi connectivity index (χ4n) is 5.77. The highest BCUT2D eigenvalue weighted by atomic mass is 19.1. The minimum absolute atomic E-state index is 0.0535. The Balaban J connectivity index is 1.48. The van der Waals surface area contributed by atoms with Gasteiger partial charge in [0.2, 0.25) is 5.43 Å². The van der Waals surface area contributed by atoms with E-state index in [2.05, 4.69) is 12.0 Å². The molecule has 0 aliphatic carbocycles. The molecular weight excluding hydrogens is 477 g/mol. The molecule has 2 heterocycles.